The molecular formula is C14H31OP. The standard InChI is InChI=1S/C14H31OP/c1-6-8-9-10-11-14(16-15,12(3)4)13(5)7-2/h12-13H,6-11,16H2,1-5H3. The first-order valence-corrected chi connectivity index (χ1v) is 8.06. The van der Waals surface area contributed by atoms with Gasteiger partial charge in [-0.3, -0.25) is 0 Å². The van der Waals surface area contributed by atoms with Gasteiger partial charge in [0.05, 0.1) is 8.46 Å². The zero-order chi connectivity index (χ0) is 12.6. The van der Waals surface area contributed by atoms with Crippen LogP contribution < -0.4 is 0 Å². The van der Waals surface area contributed by atoms with E-state index in [1.807, 2.05) is 0 Å². The normalized spacial score (nSPS) is 18.1. The Labute approximate surface area is 104 Å². The number of rotatable bonds is 9. The molecule has 16 heavy (non-hydrogen) atoms. The van der Waals surface area contributed by atoms with Gasteiger partial charge >= 0.3 is 0 Å². The maximum Gasteiger partial charge on any atom is 0.0709 e. The molecule has 0 fully saturated rings. The Hall–Kier alpha value is 0.230. The molecule has 98 valence electrons. The average molecular weight is 246 g/mol. The number of hydrogen-bond acceptors (Lipinski definition) is 1. The minimum Gasteiger partial charge on any atom is -0.330 e. The van der Waals surface area contributed by atoms with E-state index in [1.54, 1.807) is 0 Å². The van der Waals surface area contributed by atoms with Crippen LogP contribution in [0.4, 0.5) is 0 Å². The third-order valence-electron chi connectivity index (χ3n) is 4.29. The van der Waals surface area contributed by atoms with Gasteiger partial charge < -0.3 is 4.57 Å². The molecule has 1 nitrogen and oxygen atoms in total. The quantitative estimate of drug-likeness (QED) is 0.406. The monoisotopic (exact) mass is 246 g/mol. The van der Waals surface area contributed by atoms with E-state index in [0.29, 0.717) is 11.8 Å². The van der Waals surface area contributed by atoms with Crippen LogP contribution in [0.1, 0.15) is 73.1 Å². The highest BCUT2D eigenvalue weighted by molar-refractivity contribution is 7.26. The third kappa shape index (κ3) is 4.24. The number of hydrogen-bond donors (Lipinski definition) is 0. The fourth-order valence-corrected chi connectivity index (χ4v) is 3.72. The lowest BCUT2D eigenvalue weighted by molar-refractivity contribution is 0.272. The van der Waals surface area contributed by atoms with Crippen LogP contribution in [0.2, 0.25) is 0 Å². The molecule has 2 heteroatoms. The lowest BCUT2D eigenvalue weighted by Crippen LogP contribution is -2.36. The highest BCUT2D eigenvalue weighted by Gasteiger charge is 2.36. The van der Waals surface area contributed by atoms with Crippen molar-refractivity contribution in [2.45, 2.75) is 78.3 Å². The van der Waals surface area contributed by atoms with Gasteiger partial charge in [0.25, 0.3) is 0 Å². The largest absolute Gasteiger partial charge is 0.330 e. The second-order valence-electron chi connectivity index (χ2n) is 5.50. The van der Waals surface area contributed by atoms with Gasteiger partial charge in [0.1, 0.15) is 0 Å². The summed E-state index contributed by atoms with van der Waals surface area (Å²) in [4.78, 5) is 0. The van der Waals surface area contributed by atoms with Crippen molar-refractivity contribution < 1.29 is 4.57 Å². The summed E-state index contributed by atoms with van der Waals surface area (Å²) in [7, 11) is -0.660. The Bertz CT molecular complexity index is 191. The van der Waals surface area contributed by atoms with E-state index in [0.717, 1.165) is 6.42 Å². The van der Waals surface area contributed by atoms with Crippen molar-refractivity contribution >= 4 is 8.46 Å². The van der Waals surface area contributed by atoms with Gasteiger partial charge in [-0.15, -0.1) is 0 Å². The smallest absolute Gasteiger partial charge is 0.0709 e. The van der Waals surface area contributed by atoms with Crippen molar-refractivity contribution in [3.8, 4) is 0 Å². The summed E-state index contributed by atoms with van der Waals surface area (Å²) in [6.45, 7) is 11.2. The van der Waals surface area contributed by atoms with Crippen LogP contribution in [-0.4, -0.2) is 5.16 Å². The summed E-state index contributed by atoms with van der Waals surface area (Å²) in [6, 6.07) is 0. The zero-order valence-electron chi connectivity index (χ0n) is 11.9. The Morgan fingerprint density at radius 3 is 2.06 bits per heavy atom. The van der Waals surface area contributed by atoms with Gasteiger partial charge in [-0.1, -0.05) is 66.7 Å². The predicted octanol–water partition coefficient (Wildman–Crippen LogP) is 5.15. The van der Waals surface area contributed by atoms with Gasteiger partial charge in [-0.25, -0.2) is 0 Å². The zero-order valence-corrected chi connectivity index (χ0v) is 13.0. The summed E-state index contributed by atoms with van der Waals surface area (Å²) in [5.74, 6) is 1.15. The van der Waals surface area contributed by atoms with Crippen molar-refractivity contribution in [2.24, 2.45) is 11.8 Å². The molecule has 0 bridgehead atoms. The molecule has 0 aliphatic rings. The van der Waals surface area contributed by atoms with Gasteiger partial charge in [0, 0.05) is 5.16 Å². The molecular weight excluding hydrogens is 215 g/mol. The molecule has 0 saturated carbocycles. The van der Waals surface area contributed by atoms with Crippen molar-refractivity contribution in [1.82, 2.24) is 0 Å². The lowest BCUT2D eigenvalue weighted by Gasteiger charge is -2.38. The molecule has 0 aromatic rings. The first-order chi connectivity index (χ1) is 7.55. The molecule has 3 atom stereocenters. The first kappa shape index (κ1) is 16.2. The fraction of sp³-hybridized carbons (Fsp3) is 1.00. The van der Waals surface area contributed by atoms with Gasteiger partial charge in [0.2, 0.25) is 0 Å². The Morgan fingerprint density at radius 1 is 1.06 bits per heavy atom. The Kier molecular flexibility index (Phi) is 8.46. The van der Waals surface area contributed by atoms with E-state index in [1.165, 1.54) is 32.1 Å². The Morgan fingerprint density at radius 2 is 1.69 bits per heavy atom. The van der Waals surface area contributed by atoms with Crippen LogP contribution in [0.25, 0.3) is 0 Å². The van der Waals surface area contributed by atoms with Crippen molar-refractivity contribution in [3.63, 3.8) is 0 Å². The fourth-order valence-electron chi connectivity index (χ4n) is 2.65. The van der Waals surface area contributed by atoms with Crippen LogP contribution in [0.5, 0.6) is 0 Å². The molecule has 0 N–H and O–H groups in total. The average Bonchev–Trinajstić information content (AvgIpc) is 2.28. The highest BCUT2D eigenvalue weighted by atomic mass is 31.1. The number of unbranched alkanes of at least 4 members (excludes halogenated alkanes) is 3. The maximum atomic E-state index is 11.7. The van der Waals surface area contributed by atoms with Crippen LogP contribution in [-0.2, 0) is 4.57 Å². The molecule has 0 aliphatic carbocycles. The van der Waals surface area contributed by atoms with Crippen molar-refractivity contribution in [1.29, 1.82) is 0 Å². The van der Waals surface area contributed by atoms with Gasteiger partial charge in [-0.05, 0) is 18.3 Å². The summed E-state index contributed by atoms with van der Waals surface area (Å²) in [6.07, 6.45) is 7.48. The molecule has 0 spiro atoms. The topological polar surface area (TPSA) is 17.1 Å². The molecule has 3 unspecified atom stereocenters. The first-order valence-electron chi connectivity index (χ1n) is 7.01. The van der Waals surface area contributed by atoms with E-state index >= 15 is 0 Å². The second kappa shape index (κ2) is 8.34. The van der Waals surface area contributed by atoms with Crippen LogP contribution in [0, 0.1) is 11.8 Å². The van der Waals surface area contributed by atoms with Gasteiger partial charge in [0.15, 0.2) is 0 Å². The molecule has 0 radical (unpaired) electrons. The second-order valence-corrected chi connectivity index (χ2v) is 6.82. The Balaban J connectivity index is 4.46. The third-order valence-corrected chi connectivity index (χ3v) is 6.25. The van der Waals surface area contributed by atoms with Crippen LogP contribution in [0.3, 0.4) is 0 Å². The van der Waals surface area contributed by atoms with E-state index in [4.69, 9.17) is 0 Å². The van der Waals surface area contributed by atoms with Crippen molar-refractivity contribution in [3.05, 3.63) is 0 Å². The summed E-state index contributed by atoms with van der Waals surface area (Å²) < 4.78 is 11.7. The van der Waals surface area contributed by atoms with E-state index < -0.39 is 8.46 Å². The summed E-state index contributed by atoms with van der Waals surface area (Å²) in [5, 5.41) is 0.127. The predicted molar refractivity (Wildman–Crippen MR) is 76.2 cm³/mol. The van der Waals surface area contributed by atoms with E-state index in [-0.39, 0.29) is 5.16 Å². The summed E-state index contributed by atoms with van der Waals surface area (Å²) >= 11 is 0. The lowest BCUT2D eigenvalue weighted by atomic mass is 9.78. The van der Waals surface area contributed by atoms with Crippen LogP contribution >= 0.6 is 8.46 Å². The summed E-state index contributed by atoms with van der Waals surface area (Å²) in [5.41, 5.74) is 0. The minimum absolute atomic E-state index is 0.127. The molecule has 0 aliphatic heterocycles. The highest BCUT2D eigenvalue weighted by Crippen LogP contribution is 2.44. The van der Waals surface area contributed by atoms with E-state index in [9.17, 15) is 4.57 Å². The molecule has 0 heterocycles. The molecule has 0 saturated heterocycles. The molecule has 0 amide bonds. The SMILES string of the molecule is CCCCCCC([PH2]=O)(C(C)C)C(C)CC. The maximum absolute atomic E-state index is 11.7. The van der Waals surface area contributed by atoms with Crippen molar-refractivity contribution in [2.75, 3.05) is 0 Å². The molecule has 0 aromatic heterocycles. The molecule has 0 aromatic carbocycles. The minimum atomic E-state index is -0.660. The van der Waals surface area contributed by atoms with Gasteiger partial charge in [-0.2, -0.15) is 0 Å². The van der Waals surface area contributed by atoms with E-state index in [2.05, 4.69) is 34.6 Å². The van der Waals surface area contributed by atoms with Crippen LogP contribution in [0.15, 0.2) is 0 Å². The molecule has 0 rings (SSSR count).